The molecule has 0 saturated carbocycles. The zero-order chi connectivity index (χ0) is 19.4. The molecule has 0 fully saturated rings. The molecule has 0 aliphatic rings. The number of halogens is 2. The van der Waals surface area contributed by atoms with E-state index in [-0.39, 0.29) is 23.1 Å². The summed E-state index contributed by atoms with van der Waals surface area (Å²) in [7, 11) is 1.29. The third-order valence-corrected chi connectivity index (χ3v) is 3.52. The molecular formula is C18H14F2N4O3. The summed E-state index contributed by atoms with van der Waals surface area (Å²) >= 11 is 0. The zero-order valence-corrected chi connectivity index (χ0v) is 14.1. The van der Waals surface area contributed by atoms with Crippen molar-refractivity contribution in [3.05, 3.63) is 66.0 Å². The second-order valence-corrected chi connectivity index (χ2v) is 5.31. The molecule has 27 heavy (non-hydrogen) atoms. The predicted octanol–water partition coefficient (Wildman–Crippen LogP) is 3.66. The summed E-state index contributed by atoms with van der Waals surface area (Å²) in [6.07, 6.45) is 1.21. The van der Waals surface area contributed by atoms with Crippen LogP contribution in [0.1, 0.15) is 10.4 Å². The Balaban J connectivity index is 1.80. The molecule has 3 rings (SSSR count). The maximum atomic E-state index is 13.3. The standard InChI is InChI=1S/C18H14F2N4O3/c1-26-18(25)10-2-5-12(6-3-10)27-17-15(21)16(22-9-23-17)24-11-4-7-13(19)14(20)8-11/h2-9H,21H2,1H3,(H,22,23,24). The number of nitrogens with two attached hydrogens (primary N) is 1. The Kier molecular flexibility index (Phi) is 5.11. The number of nitrogens with one attached hydrogen (secondary N) is 1. The van der Waals surface area contributed by atoms with Crippen LogP contribution in [0.15, 0.2) is 48.8 Å². The Morgan fingerprint density at radius 3 is 2.48 bits per heavy atom. The fourth-order valence-corrected chi connectivity index (χ4v) is 2.16. The molecule has 9 heteroatoms. The first-order valence-corrected chi connectivity index (χ1v) is 7.66. The molecule has 3 aromatic rings. The van der Waals surface area contributed by atoms with E-state index in [1.165, 1.54) is 31.6 Å². The number of nitrogen functional groups attached to an aromatic ring is 1. The van der Waals surface area contributed by atoms with Gasteiger partial charge in [0.1, 0.15) is 17.8 Å². The summed E-state index contributed by atoms with van der Waals surface area (Å²) in [4.78, 5) is 19.4. The van der Waals surface area contributed by atoms with Gasteiger partial charge in [0.25, 0.3) is 0 Å². The van der Waals surface area contributed by atoms with Crippen LogP contribution in [0, 0.1) is 11.6 Å². The first-order valence-electron chi connectivity index (χ1n) is 7.66. The van der Waals surface area contributed by atoms with Gasteiger partial charge < -0.3 is 20.5 Å². The molecule has 0 bridgehead atoms. The lowest BCUT2D eigenvalue weighted by molar-refractivity contribution is 0.0600. The van der Waals surface area contributed by atoms with Crippen molar-refractivity contribution in [3.8, 4) is 11.6 Å². The molecule has 0 amide bonds. The summed E-state index contributed by atoms with van der Waals surface area (Å²) in [5.41, 5.74) is 6.68. The van der Waals surface area contributed by atoms with Gasteiger partial charge in [-0.05, 0) is 36.4 Å². The van der Waals surface area contributed by atoms with E-state index >= 15 is 0 Å². The third-order valence-electron chi connectivity index (χ3n) is 3.52. The maximum Gasteiger partial charge on any atom is 0.337 e. The Hall–Kier alpha value is -3.75. The van der Waals surface area contributed by atoms with E-state index < -0.39 is 17.6 Å². The SMILES string of the molecule is COC(=O)c1ccc(Oc2ncnc(Nc3ccc(F)c(F)c3)c2N)cc1. The average molecular weight is 372 g/mol. The van der Waals surface area contributed by atoms with Crippen molar-refractivity contribution in [2.24, 2.45) is 0 Å². The second kappa shape index (κ2) is 7.65. The maximum absolute atomic E-state index is 13.3. The summed E-state index contributed by atoms with van der Waals surface area (Å²) < 4.78 is 36.6. The number of methoxy groups -OCH3 is 1. The van der Waals surface area contributed by atoms with Gasteiger partial charge in [0.15, 0.2) is 17.5 Å². The molecule has 0 unspecified atom stereocenters. The Bertz CT molecular complexity index is 981. The minimum Gasteiger partial charge on any atom is -0.465 e. The van der Waals surface area contributed by atoms with Gasteiger partial charge in [-0.2, -0.15) is 4.98 Å². The van der Waals surface area contributed by atoms with Crippen molar-refractivity contribution in [1.82, 2.24) is 9.97 Å². The number of rotatable bonds is 5. The molecule has 0 atom stereocenters. The predicted molar refractivity (Wildman–Crippen MR) is 93.9 cm³/mol. The summed E-state index contributed by atoms with van der Waals surface area (Å²) in [6, 6.07) is 9.45. The van der Waals surface area contributed by atoms with E-state index in [2.05, 4.69) is 20.0 Å². The number of aromatic nitrogens is 2. The fraction of sp³-hybridized carbons (Fsp3) is 0.0556. The monoisotopic (exact) mass is 372 g/mol. The molecular weight excluding hydrogens is 358 g/mol. The van der Waals surface area contributed by atoms with E-state index in [4.69, 9.17) is 10.5 Å². The number of esters is 1. The Labute approximate surface area is 152 Å². The largest absolute Gasteiger partial charge is 0.465 e. The van der Waals surface area contributed by atoms with Crippen molar-refractivity contribution in [2.45, 2.75) is 0 Å². The number of hydrogen-bond acceptors (Lipinski definition) is 7. The van der Waals surface area contributed by atoms with Crippen molar-refractivity contribution >= 4 is 23.2 Å². The lowest BCUT2D eigenvalue weighted by atomic mass is 10.2. The van der Waals surface area contributed by atoms with Crippen molar-refractivity contribution < 1.29 is 23.0 Å². The highest BCUT2D eigenvalue weighted by molar-refractivity contribution is 5.89. The van der Waals surface area contributed by atoms with Crippen molar-refractivity contribution in [3.63, 3.8) is 0 Å². The molecule has 0 saturated heterocycles. The molecule has 3 N–H and O–H groups in total. The third kappa shape index (κ3) is 4.09. The highest BCUT2D eigenvalue weighted by atomic mass is 19.2. The number of hydrogen-bond donors (Lipinski definition) is 2. The molecule has 0 aliphatic heterocycles. The minimum atomic E-state index is -1.00. The van der Waals surface area contributed by atoms with E-state index in [1.54, 1.807) is 12.1 Å². The van der Waals surface area contributed by atoms with Crippen LogP contribution in [0.3, 0.4) is 0 Å². The zero-order valence-electron chi connectivity index (χ0n) is 14.1. The van der Waals surface area contributed by atoms with Gasteiger partial charge in [0, 0.05) is 11.8 Å². The summed E-state index contributed by atoms with van der Waals surface area (Å²) in [6.45, 7) is 0. The van der Waals surface area contributed by atoms with E-state index in [0.29, 0.717) is 11.3 Å². The van der Waals surface area contributed by atoms with E-state index in [0.717, 1.165) is 12.1 Å². The van der Waals surface area contributed by atoms with Gasteiger partial charge >= 0.3 is 5.97 Å². The van der Waals surface area contributed by atoms with Crippen LogP contribution in [0.5, 0.6) is 11.6 Å². The summed E-state index contributed by atoms with van der Waals surface area (Å²) in [5, 5.41) is 2.77. The molecule has 138 valence electrons. The molecule has 0 spiro atoms. The van der Waals surface area contributed by atoms with Crippen LogP contribution < -0.4 is 15.8 Å². The number of anilines is 3. The van der Waals surface area contributed by atoms with Crippen LogP contribution in [0.2, 0.25) is 0 Å². The number of carbonyl (C=O) groups is 1. The fourth-order valence-electron chi connectivity index (χ4n) is 2.16. The topological polar surface area (TPSA) is 99.4 Å². The highest BCUT2D eigenvalue weighted by Gasteiger charge is 2.12. The van der Waals surface area contributed by atoms with E-state index in [9.17, 15) is 13.6 Å². The van der Waals surface area contributed by atoms with Crippen LogP contribution in [-0.2, 0) is 4.74 Å². The molecule has 1 heterocycles. The lowest BCUT2D eigenvalue weighted by Crippen LogP contribution is -2.04. The number of nitrogens with zero attached hydrogens (tertiary/aromatic N) is 2. The minimum absolute atomic E-state index is 0.0564. The number of ether oxygens (including phenoxy) is 2. The molecule has 0 radical (unpaired) electrons. The van der Waals surface area contributed by atoms with Crippen LogP contribution in [-0.4, -0.2) is 23.0 Å². The first kappa shape index (κ1) is 18.1. The normalized spacial score (nSPS) is 10.3. The number of carbonyl (C=O) groups excluding carboxylic acids is 1. The van der Waals surface area contributed by atoms with Gasteiger partial charge in [-0.25, -0.2) is 18.6 Å². The Morgan fingerprint density at radius 2 is 1.81 bits per heavy atom. The molecule has 0 aliphatic carbocycles. The lowest BCUT2D eigenvalue weighted by Gasteiger charge is -2.12. The van der Waals surface area contributed by atoms with Gasteiger partial charge in [-0.15, -0.1) is 0 Å². The quantitative estimate of drug-likeness (QED) is 0.659. The summed E-state index contributed by atoms with van der Waals surface area (Å²) in [5.74, 6) is -1.84. The van der Waals surface area contributed by atoms with Crippen molar-refractivity contribution in [2.75, 3.05) is 18.2 Å². The smallest absolute Gasteiger partial charge is 0.337 e. The molecule has 7 nitrogen and oxygen atoms in total. The van der Waals surface area contributed by atoms with Gasteiger partial charge in [-0.1, -0.05) is 0 Å². The molecule has 2 aromatic carbocycles. The van der Waals surface area contributed by atoms with Gasteiger partial charge in [0.2, 0.25) is 5.88 Å². The van der Waals surface area contributed by atoms with Gasteiger partial charge in [0.05, 0.1) is 12.7 Å². The van der Waals surface area contributed by atoms with E-state index in [1.807, 2.05) is 0 Å². The van der Waals surface area contributed by atoms with Gasteiger partial charge in [-0.3, -0.25) is 0 Å². The van der Waals surface area contributed by atoms with Crippen LogP contribution >= 0.6 is 0 Å². The first-order chi connectivity index (χ1) is 13.0. The number of benzene rings is 2. The van der Waals surface area contributed by atoms with Crippen molar-refractivity contribution in [1.29, 1.82) is 0 Å². The highest BCUT2D eigenvalue weighted by Crippen LogP contribution is 2.31. The second-order valence-electron chi connectivity index (χ2n) is 5.31. The average Bonchev–Trinajstić information content (AvgIpc) is 2.68. The molecule has 1 aromatic heterocycles. The Morgan fingerprint density at radius 1 is 1.07 bits per heavy atom. The van der Waals surface area contributed by atoms with Crippen LogP contribution in [0.25, 0.3) is 0 Å². The van der Waals surface area contributed by atoms with Crippen LogP contribution in [0.4, 0.5) is 26.0 Å².